The number of nitrogens with one attached hydrogen (secondary N) is 1. The van der Waals surface area contributed by atoms with E-state index in [1.807, 2.05) is 6.07 Å². The van der Waals surface area contributed by atoms with Crippen LogP contribution < -0.4 is 14.8 Å². The summed E-state index contributed by atoms with van der Waals surface area (Å²) in [5.74, 6) is 1.72. The van der Waals surface area contributed by atoms with Gasteiger partial charge in [0.25, 0.3) is 0 Å². The van der Waals surface area contributed by atoms with Crippen molar-refractivity contribution < 1.29 is 9.47 Å². The van der Waals surface area contributed by atoms with Crippen LogP contribution >= 0.6 is 0 Å². The zero-order valence-corrected chi connectivity index (χ0v) is 13.7. The van der Waals surface area contributed by atoms with E-state index in [9.17, 15) is 0 Å². The van der Waals surface area contributed by atoms with Crippen LogP contribution in [0.5, 0.6) is 11.5 Å². The van der Waals surface area contributed by atoms with Crippen LogP contribution in [0.1, 0.15) is 47.0 Å². The van der Waals surface area contributed by atoms with E-state index in [2.05, 4.69) is 45.1 Å². The molecule has 0 spiro atoms. The Hall–Kier alpha value is -1.38. The van der Waals surface area contributed by atoms with Gasteiger partial charge in [0.2, 0.25) is 0 Å². The molecule has 0 amide bonds. The van der Waals surface area contributed by atoms with E-state index in [-0.39, 0.29) is 0 Å². The van der Waals surface area contributed by atoms with Crippen molar-refractivity contribution >= 4 is 5.69 Å². The van der Waals surface area contributed by atoms with E-state index < -0.39 is 0 Å². The first-order valence-electron chi connectivity index (χ1n) is 7.99. The molecule has 116 valence electrons. The van der Waals surface area contributed by atoms with Crippen LogP contribution in [0.25, 0.3) is 0 Å². The molecule has 1 saturated carbocycles. The molecule has 1 N–H and O–H groups in total. The van der Waals surface area contributed by atoms with E-state index >= 15 is 0 Å². The number of fused-ring (bicyclic) bond motifs is 1. The Kier molecular flexibility index (Phi) is 3.54. The molecule has 0 aromatic heterocycles. The minimum Gasteiger partial charge on any atom is -0.486 e. The maximum atomic E-state index is 5.67. The fraction of sp³-hybridized carbons (Fsp3) is 0.667. The van der Waals surface area contributed by atoms with Crippen molar-refractivity contribution in [1.29, 1.82) is 0 Å². The van der Waals surface area contributed by atoms with Crippen LogP contribution in [-0.2, 0) is 0 Å². The molecule has 0 saturated heterocycles. The van der Waals surface area contributed by atoms with Crippen LogP contribution in [0, 0.1) is 10.8 Å². The summed E-state index contributed by atoms with van der Waals surface area (Å²) in [5, 5.41) is 3.71. The molecular formula is C18H27NO2. The molecule has 1 fully saturated rings. The van der Waals surface area contributed by atoms with Crippen molar-refractivity contribution in [3.63, 3.8) is 0 Å². The SMILES string of the molecule is CC1(C)CC(Nc2ccc3c(c2)OCCO3)CC(C)(C)C1. The van der Waals surface area contributed by atoms with Crippen molar-refractivity contribution in [3.8, 4) is 11.5 Å². The van der Waals surface area contributed by atoms with Gasteiger partial charge in [-0.05, 0) is 42.2 Å². The Morgan fingerprint density at radius 1 is 0.952 bits per heavy atom. The lowest BCUT2D eigenvalue weighted by Crippen LogP contribution is -2.40. The predicted octanol–water partition coefficient (Wildman–Crippen LogP) is 4.47. The molecule has 21 heavy (non-hydrogen) atoms. The second kappa shape index (κ2) is 5.11. The molecular weight excluding hydrogens is 262 g/mol. The summed E-state index contributed by atoms with van der Waals surface area (Å²) in [6.07, 6.45) is 3.72. The van der Waals surface area contributed by atoms with E-state index in [1.54, 1.807) is 0 Å². The van der Waals surface area contributed by atoms with Gasteiger partial charge in [0.15, 0.2) is 11.5 Å². The van der Waals surface area contributed by atoms with E-state index in [0.717, 1.165) is 17.2 Å². The molecule has 3 heteroatoms. The Bertz CT molecular complexity index is 506. The second-order valence-electron chi connectivity index (χ2n) is 8.11. The standard InChI is InChI=1S/C18H27NO2/c1-17(2)10-14(11-18(3,4)12-17)19-13-5-6-15-16(9-13)21-8-7-20-15/h5-6,9,14,19H,7-8,10-12H2,1-4H3. The highest BCUT2D eigenvalue weighted by Crippen LogP contribution is 2.46. The van der Waals surface area contributed by atoms with Gasteiger partial charge in [-0.1, -0.05) is 27.7 Å². The topological polar surface area (TPSA) is 30.5 Å². The zero-order valence-electron chi connectivity index (χ0n) is 13.7. The van der Waals surface area contributed by atoms with Crippen LogP contribution in [0.15, 0.2) is 18.2 Å². The molecule has 3 rings (SSSR count). The lowest BCUT2D eigenvalue weighted by atomic mass is 9.63. The molecule has 0 atom stereocenters. The summed E-state index contributed by atoms with van der Waals surface area (Å²) in [6, 6.07) is 6.70. The third-order valence-corrected chi connectivity index (χ3v) is 4.47. The van der Waals surface area contributed by atoms with Crippen LogP contribution in [0.3, 0.4) is 0 Å². The molecule has 1 aromatic carbocycles. The van der Waals surface area contributed by atoms with E-state index in [1.165, 1.54) is 19.3 Å². The summed E-state index contributed by atoms with van der Waals surface area (Å²) in [6.45, 7) is 10.8. The summed E-state index contributed by atoms with van der Waals surface area (Å²) < 4.78 is 11.3. The lowest BCUT2D eigenvalue weighted by Gasteiger charge is -2.45. The first-order chi connectivity index (χ1) is 9.83. The van der Waals surface area contributed by atoms with Gasteiger partial charge in [0, 0.05) is 17.8 Å². The molecule has 0 unspecified atom stereocenters. The quantitative estimate of drug-likeness (QED) is 0.871. The summed E-state index contributed by atoms with van der Waals surface area (Å²) in [4.78, 5) is 0. The molecule has 0 bridgehead atoms. The van der Waals surface area contributed by atoms with Gasteiger partial charge < -0.3 is 14.8 Å². The van der Waals surface area contributed by atoms with Gasteiger partial charge in [-0.25, -0.2) is 0 Å². The number of ether oxygens (including phenoxy) is 2. The lowest BCUT2D eigenvalue weighted by molar-refractivity contribution is 0.105. The van der Waals surface area contributed by atoms with Crippen LogP contribution in [-0.4, -0.2) is 19.3 Å². The van der Waals surface area contributed by atoms with Crippen molar-refractivity contribution in [2.45, 2.75) is 53.0 Å². The molecule has 1 aromatic rings. The largest absolute Gasteiger partial charge is 0.486 e. The van der Waals surface area contributed by atoms with Crippen molar-refractivity contribution in [3.05, 3.63) is 18.2 Å². The second-order valence-corrected chi connectivity index (χ2v) is 8.11. The fourth-order valence-electron chi connectivity index (χ4n) is 4.32. The highest BCUT2D eigenvalue weighted by atomic mass is 16.6. The van der Waals surface area contributed by atoms with Crippen LogP contribution in [0.4, 0.5) is 5.69 Å². The van der Waals surface area contributed by atoms with Gasteiger partial charge >= 0.3 is 0 Å². The monoisotopic (exact) mass is 289 g/mol. The zero-order chi connectivity index (χ0) is 15.1. The Balaban J connectivity index is 1.74. The maximum Gasteiger partial charge on any atom is 0.163 e. The molecule has 1 heterocycles. The first kappa shape index (κ1) is 14.6. The number of rotatable bonds is 2. The normalized spacial score (nSPS) is 23.6. The van der Waals surface area contributed by atoms with Gasteiger partial charge in [-0.2, -0.15) is 0 Å². The smallest absolute Gasteiger partial charge is 0.163 e. The molecule has 1 aliphatic carbocycles. The number of hydrogen-bond donors (Lipinski definition) is 1. The molecule has 1 aliphatic heterocycles. The average molecular weight is 289 g/mol. The number of hydrogen-bond acceptors (Lipinski definition) is 3. The molecule has 0 radical (unpaired) electrons. The van der Waals surface area contributed by atoms with Gasteiger partial charge in [-0.15, -0.1) is 0 Å². The van der Waals surface area contributed by atoms with Crippen molar-refractivity contribution in [1.82, 2.24) is 0 Å². The van der Waals surface area contributed by atoms with Crippen molar-refractivity contribution in [2.75, 3.05) is 18.5 Å². The number of benzene rings is 1. The summed E-state index contributed by atoms with van der Waals surface area (Å²) >= 11 is 0. The fourth-order valence-corrected chi connectivity index (χ4v) is 4.32. The summed E-state index contributed by atoms with van der Waals surface area (Å²) in [5.41, 5.74) is 1.93. The molecule has 3 nitrogen and oxygen atoms in total. The average Bonchev–Trinajstić information content (AvgIpc) is 2.34. The van der Waals surface area contributed by atoms with Gasteiger partial charge in [0.05, 0.1) is 0 Å². The molecule has 2 aliphatic rings. The van der Waals surface area contributed by atoms with Gasteiger partial charge in [0.1, 0.15) is 13.2 Å². The Morgan fingerprint density at radius 3 is 2.24 bits per heavy atom. The third kappa shape index (κ3) is 3.45. The maximum absolute atomic E-state index is 5.67. The first-order valence-corrected chi connectivity index (χ1v) is 7.99. The Labute approximate surface area is 128 Å². The minimum absolute atomic E-state index is 0.396. The number of anilines is 1. The minimum atomic E-state index is 0.396. The highest BCUT2D eigenvalue weighted by Gasteiger charge is 2.38. The Morgan fingerprint density at radius 2 is 1.57 bits per heavy atom. The third-order valence-electron chi connectivity index (χ3n) is 4.47. The highest BCUT2D eigenvalue weighted by molar-refractivity contribution is 5.55. The van der Waals surface area contributed by atoms with Crippen LogP contribution in [0.2, 0.25) is 0 Å². The van der Waals surface area contributed by atoms with Crippen molar-refractivity contribution in [2.24, 2.45) is 10.8 Å². The van der Waals surface area contributed by atoms with E-state index in [4.69, 9.17) is 9.47 Å². The predicted molar refractivity (Wildman–Crippen MR) is 86.3 cm³/mol. The summed E-state index contributed by atoms with van der Waals surface area (Å²) in [7, 11) is 0. The van der Waals surface area contributed by atoms with E-state index in [0.29, 0.717) is 30.1 Å². The van der Waals surface area contributed by atoms with Gasteiger partial charge in [-0.3, -0.25) is 0 Å².